The molecule has 100 valence electrons. The zero-order valence-corrected chi connectivity index (χ0v) is 10.3. The molecule has 0 atom stereocenters. The summed E-state index contributed by atoms with van der Waals surface area (Å²) in [6, 6.07) is 10.9. The molecule has 0 radical (unpaired) electrons. The van der Waals surface area contributed by atoms with Gasteiger partial charge in [0.2, 0.25) is 0 Å². The summed E-state index contributed by atoms with van der Waals surface area (Å²) in [6.07, 6.45) is -0.876. The molecule has 0 aliphatic carbocycles. The fourth-order valence-corrected chi connectivity index (χ4v) is 1.21. The van der Waals surface area contributed by atoms with Crippen LogP contribution < -0.4 is 5.32 Å². The van der Waals surface area contributed by atoms with E-state index < -0.39 is 12.1 Å². The first-order valence-corrected chi connectivity index (χ1v) is 5.69. The molecule has 1 amide bonds. The Morgan fingerprint density at radius 2 is 1.95 bits per heavy atom. The van der Waals surface area contributed by atoms with E-state index in [2.05, 4.69) is 10.1 Å². The molecule has 1 aromatic carbocycles. The summed E-state index contributed by atoms with van der Waals surface area (Å²) in [4.78, 5) is 22.1. The Bertz CT molecular complexity index is 453. The van der Waals surface area contributed by atoms with Crippen molar-refractivity contribution in [3.8, 4) is 6.07 Å². The highest BCUT2D eigenvalue weighted by Gasteiger charge is 2.04. The monoisotopic (exact) mass is 262 g/mol. The predicted octanol–water partition coefficient (Wildman–Crippen LogP) is 1.37. The quantitative estimate of drug-likeness (QED) is 0.617. The Kier molecular flexibility index (Phi) is 6.51. The number of benzene rings is 1. The molecule has 0 unspecified atom stereocenters. The van der Waals surface area contributed by atoms with Crippen molar-refractivity contribution < 1.29 is 19.1 Å². The number of nitrogens with zero attached hydrogens (tertiary/aromatic N) is 1. The largest absolute Gasteiger partial charge is 0.463 e. The van der Waals surface area contributed by atoms with Gasteiger partial charge in [-0.3, -0.25) is 4.79 Å². The first-order chi connectivity index (χ1) is 9.22. The van der Waals surface area contributed by atoms with E-state index in [0.717, 1.165) is 5.56 Å². The number of nitriles is 1. The third-order valence-corrected chi connectivity index (χ3v) is 2.07. The third kappa shape index (κ3) is 6.68. The summed E-state index contributed by atoms with van der Waals surface area (Å²) in [5, 5.41) is 10.6. The fraction of sp³-hybridized carbons (Fsp3) is 0.308. The first-order valence-electron chi connectivity index (χ1n) is 5.69. The van der Waals surface area contributed by atoms with Crippen LogP contribution in [-0.4, -0.2) is 25.2 Å². The van der Waals surface area contributed by atoms with E-state index in [-0.39, 0.29) is 26.2 Å². The smallest absolute Gasteiger partial charge is 0.407 e. The maximum Gasteiger partial charge on any atom is 0.407 e. The van der Waals surface area contributed by atoms with Crippen LogP contribution in [0.4, 0.5) is 4.79 Å². The van der Waals surface area contributed by atoms with Crippen LogP contribution in [0, 0.1) is 11.3 Å². The van der Waals surface area contributed by atoms with Crippen LogP contribution >= 0.6 is 0 Å². The second-order valence-electron chi connectivity index (χ2n) is 3.54. The molecule has 0 aromatic heterocycles. The number of hydrogen-bond acceptors (Lipinski definition) is 5. The third-order valence-electron chi connectivity index (χ3n) is 2.07. The number of rotatable bonds is 6. The molecule has 19 heavy (non-hydrogen) atoms. The molecule has 0 bridgehead atoms. The average Bonchev–Trinajstić information content (AvgIpc) is 2.43. The lowest BCUT2D eigenvalue weighted by atomic mass is 10.2. The molecular weight excluding hydrogens is 248 g/mol. The zero-order valence-electron chi connectivity index (χ0n) is 10.3. The molecule has 0 spiro atoms. The lowest BCUT2D eigenvalue weighted by Gasteiger charge is -2.07. The van der Waals surface area contributed by atoms with E-state index in [1.54, 1.807) is 6.07 Å². The van der Waals surface area contributed by atoms with Crippen molar-refractivity contribution in [1.29, 1.82) is 5.26 Å². The Morgan fingerprint density at radius 3 is 2.63 bits per heavy atom. The molecular formula is C13H14N2O4. The highest BCUT2D eigenvalue weighted by atomic mass is 16.6. The summed E-state index contributed by atoms with van der Waals surface area (Å²) in [7, 11) is 0. The van der Waals surface area contributed by atoms with Gasteiger partial charge in [0.25, 0.3) is 0 Å². The molecule has 0 aliphatic heterocycles. The van der Waals surface area contributed by atoms with Gasteiger partial charge in [0.05, 0.1) is 12.6 Å². The Balaban J connectivity index is 2.09. The van der Waals surface area contributed by atoms with Crippen molar-refractivity contribution >= 4 is 12.1 Å². The second-order valence-corrected chi connectivity index (χ2v) is 3.54. The maximum atomic E-state index is 11.3. The van der Waals surface area contributed by atoms with Crippen molar-refractivity contribution in [2.45, 2.75) is 13.0 Å². The molecule has 1 N–H and O–H groups in total. The lowest BCUT2D eigenvalue weighted by Crippen LogP contribution is -2.28. The molecule has 0 fully saturated rings. The zero-order chi connectivity index (χ0) is 13.9. The van der Waals surface area contributed by atoms with E-state index in [1.807, 2.05) is 30.3 Å². The van der Waals surface area contributed by atoms with Crippen molar-refractivity contribution in [2.24, 2.45) is 0 Å². The average molecular weight is 262 g/mol. The number of hydrogen-bond donors (Lipinski definition) is 1. The van der Waals surface area contributed by atoms with Crippen LogP contribution in [0.3, 0.4) is 0 Å². The number of carbonyl (C=O) groups is 2. The van der Waals surface area contributed by atoms with E-state index in [0.29, 0.717) is 0 Å². The Hall–Kier alpha value is -2.55. The van der Waals surface area contributed by atoms with Crippen molar-refractivity contribution in [3.63, 3.8) is 0 Å². The molecule has 6 heteroatoms. The standard InChI is InChI=1S/C13H14N2O4/c14-7-6-12(16)18-9-8-15-13(17)19-10-11-4-2-1-3-5-11/h1-5H,6,8-10H2,(H,15,17). The van der Waals surface area contributed by atoms with Crippen LogP contribution in [-0.2, 0) is 20.9 Å². The first kappa shape index (κ1) is 14.5. The van der Waals surface area contributed by atoms with Crippen LogP contribution in [0.2, 0.25) is 0 Å². The van der Waals surface area contributed by atoms with Gasteiger partial charge in [-0.1, -0.05) is 30.3 Å². The van der Waals surface area contributed by atoms with Crippen LogP contribution in [0.1, 0.15) is 12.0 Å². The van der Waals surface area contributed by atoms with Crippen molar-refractivity contribution in [1.82, 2.24) is 5.32 Å². The molecule has 1 rings (SSSR count). The molecule has 0 saturated heterocycles. The Labute approximate surface area is 110 Å². The minimum atomic E-state index is -0.609. The fourth-order valence-electron chi connectivity index (χ4n) is 1.21. The van der Waals surface area contributed by atoms with Gasteiger partial charge in [0.15, 0.2) is 0 Å². The van der Waals surface area contributed by atoms with Crippen molar-refractivity contribution in [2.75, 3.05) is 13.2 Å². The number of ether oxygens (including phenoxy) is 2. The van der Waals surface area contributed by atoms with Crippen LogP contribution in [0.5, 0.6) is 0 Å². The van der Waals surface area contributed by atoms with Gasteiger partial charge < -0.3 is 14.8 Å². The topological polar surface area (TPSA) is 88.4 Å². The summed E-state index contributed by atoms with van der Waals surface area (Å²) in [6.45, 7) is 0.340. The summed E-state index contributed by atoms with van der Waals surface area (Å²) >= 11 is 0. The molecule has 6 nitrogen and oxygen atoms in total. The maximum absolute atomic E-state index is 11.3. The highest BCUT2D eigenvalue weighted by Crippen LogP contribution is 2.00. The molecule has 1 aromatic rings. The highest BCUT2D eigenvalue weighted by molar-refractivity contribution is 5.71. The second kappa shape index (κ2) is 8.53. The molecule has 0 aliphatic rings. The van der Waals surface area contributed by atoms with Crippen molar-refractivity contribution in [3.05, 3.63) is 35.9 Å². The number of alkyl carbamates (subject to hydrolysis) is 1. The van der Waals surface area contributed by atoms with Crippen LogP contribution in [0.15, 0.2) is 30.3 Å². The van der Waals surface area contributed by atoms with Gasteiger partial charge in [-0.05, 0) is 5.56 Å². The molecule has 0 saturated carbocycles. The SMILES string of the molecule is N#CCC(=O)OCCNC(=O)OCc1ccccc1. The van der Waals surface area contributed by atoms with Crippen LogP contribution in [0.25, 0.3) is 0 Å². The molecule has 0 heterocycles. The van der Waals surface area contributed by atoms with E-state index in [9.17, 15) is 9.59 Å². The van der Waals surface area contributed by atoms with E-state index in [1.165, 1.54) is 0 Å². The lowest BCUT2D eigenvalue weighted by molar-refractivity contribution is -0.142. The minimum Gasteiger partial charge on any atom is -0.463 e. The predicted molar refractivity (Wildman–Crippen MR) is 65.8 cm³/mol. The van der Waals surface area contributed by atoms with Gasteiger partial charge in [0, 0.05) is 0 Å². The van der Waals surface area contributed by atoms with Gasteiger partial charge in [0.1, 0.15) is 19.6 Å². The van der Waals surface area contributed by atoms with Gasteiger partial charge in [-0.15, -0.1) is 0 Å². The normalized spacial score (nSPS) is 9.21. The number of amides is 1. The summed E-state index contributed by atoms with van der Waals surface area (Å²) < 4.78 is 9.60. The van der Waals surface area contributed by atoms with E-state index in [4.69, 9.17) is 10.00 Å². The van der Waals surface area contributed by atoms with E-state index >= 15 is 0 Å². The summed E-state index contributed by atoms with van der Waals surface area (Å²) in [5.41, 5.74) is 0.887. The van der Waals surface area contributed by atoms with Gasteiger partial charge >= 0.3 is 12.1 Å². The summed E-state index contributed by atoms with van der Waals surface area (Å²) in [5.74, 6) is -0.609. The number of carbonyl (C=O) groups excluding carboxylic acids is 2. The Morgan fingerprint density at radius 1 is 1.21 bits per heavy atom. The number of nitrogens with one attached hydrogen (secondary N) is 1. The van der Waals surface area contributed by atoms with Gasteiger partial charge in [-0.2, -0.15) is 5.26 Å². The van der Waals surface area contributed by atoms with Gasteiger partial charge in [-0.25, -0.2) is 4.79 Å². The number of esters is 1. The minimum absolute atomic E-state index is 0.0148.